The van der Waals surface area contributed by atoms with Crippen LogP contribution in [-0.4, -0.2) is 42.8 Å². The molecule has 0 spiro atoms. The average molecular weight is 365 g/mol. The number of benzene rings is 2. The van der Waals surface area contributed by atoms with Gasteiger partial charge in [-0.25, -0.2) is 0 Å². The third-order valence-corrected chi connectivity index (χ3v) is 4.70. The molecule has 6 nitrogen and oxygen atoms in total. The fourth-order valence-electron chi connectivity index (χ4n) is 3.20. The molecule has 2 heterocycles. The van der Waals surface area contributed by atoms with Gasteiger partial charge in [0.1, 0.15) is 5.75 Å². The highest BCUT2D eigenvalue weighted by molar-refractivity contribution is 6.05. The lowest BCUT2D eigenvalue weighted by molar-refractivity contribution is -0.0163. The van der Waals surface area contributed by atoms with E-state index in [1.807, 2.05) is 30.3 Å². The van der Waals surface area contributed by atoms with Crippen molar-refractivity contribution in [3.63, 3.8) is 0 Å². The van der Waals surface area contributed by atoms with E-state index in [1.165, 1.54) is 0 Å². The zero-order valence-corrected chi connectivity index (χ0v) is 15.6. The van der Waals surface area contributed by atoms with Gasteiger partial charge in [-0.2, -0.15) is 0 Å². The molecule has 2 aromatic carbocycles. The number of likely N-dealkylation sites (N-methyl/N-ethyl adjacent to an activating group) is 1. The predicted molar refractivity (Wildman–Crippen MR) is 105 cm³/mol. The lowest BCUT2D eigenvalue weighted by atomic mass is 10.1. The number of rotatable bonds is 5. The van der Waals surface area contributed by atoms with Gasteiger partial charge in [0.2, 0.25) is 0 Å². The van der Waals surface area contributed by atoms with Gasteiger partial charge in [-0.15, -0.1) is 0 Å². The summed E-state index contributed by atoms with van der Waals surface area (Å²) >= 11 is 0. The van der Waals surface area contributed by atoms with Crippen molar-refractivity contribution >= 4 is 22.5 Å². The standard InChI is InChI=1S/C21H23N3O3/c1-23(2)9-10-24-8-7-15-3-5-18(12-19(15)24)22-21(25)16-4-6-20-17(11-16)13-26-14-27-20/h3-8,11-12H,9-10,13-14H2,1-2H3,(H,22,25). The smallest absolute Gasteiger partial charge is 0.255 e. The Morgan fingerprint density at radius 1 is 1.19 bits per heavy atom. The average Bonchev–Trinajstić information content (AvgIpc) is 3.08. The third-order valence-electron chi connectivity index (χ3n) is 4.70. The van der Waals surface area contributed by atoms with Gasteiger partial charge in [0.15, 0.2) is 6.79 Å². The second-order valence-electron chi connectivity index (χ2n) is 6.97. The zero-order valence-electron chi connectivity index (χ0n) is 15.6. The van der Waals surface area contributed by atoms with Crippen LogP contribution in [0.2, 0.25) is 0 Å². The van der Waals surface area contributed by atoms with E-state index in [2.05, 4.69) is 41.1 Å². The molecule has 0 saturated heterocycles. The molecule has 0 radical (unpaired) electrons. The number of hydrogen-bond donors (Lipinski definition) is 1. The Morgan fingerprint density at radius 3 is 2.93 bits per heavy atom. The van der Waals surface area contributed by atoms with Crippen molar-refractivity contribution in [2.45, 2.75) is 13.2 Å². The fraction of sp³-hybridized carbons (Fsp3) is 0.286. The predicted octanol–water partition coefficient (Wildman–Crippen LogP) is 3.32. The Bertz CT molecular complexity index is 978. The van der Waals surface area contributed by atoms with E-state index in [1.54, 1.807) is 6.07 Å². The number of carbonyl (C=O) groups excluding carboxylic acids is 1. The van der Waals surface area contributed by atoms with E-state index < -0.39 is 0 Å². The second-order valence-corrected chi connectivity index (χ2v) is 6.97. The van der Waals surface area contributed by atoms with Gasteiger partial charge in [-0.1, -0.05) is 6.07 Å². The summed E-state index contributed by atoms with van der Waals surface area (Å²) in [5.74, 6) is 0.632. The van der Waals surface area contributed by atoms with E-state index >= 15 is 0 Å². The van der Waals surface area contributed by atoms with E-state index in [9.17, 15) is 4.79 Å². The van der Waals surface area contributed by atoms with Crippen molar-refractivity contribution < 1.29 is 14.3 Å². The normalized spacial score (nSPS) is 13.4. The largest absolute Gasteiger partial charge is 0.467 e. The molecule has 1 aliphatic heterocycles. The van der Waals surface area contributed by atoms with Gasteiger partial charge in [0, 0.05) is 36.1 Å². The van der Waals surface area contributed by atoms with Crippen molar-refractivity contribution in [2.24, 2.45) is 0 Å². The molecule has 0 unspecified atom stereocenters. The van der Waals surface area contributed by atoms with Crippen LogP contribution >= 0.6 is 0 Å². The first-order valence-electron chi connectivity index (χ1n) is 8.98. The first-order valence-corrected chi connectivity index (χ1v) is 8.98. The van der Waals surface area contributed by atoms with Gasteiger partial charge >= 0.3 is 0 Å². The lowest BCUT2D eigenvalue weighted by Gasteiger charge is -2.18. The molecule has 1 N–H and O–H groups in total. The van der Waals surface area contributed by atoms with Crippen LogP contribution in [0.3, 0.4) is 0 Å². The number of amides is 1. The van der Waals surface area contributed by atoms with Crippen LogP contribution in [0.5, 0.6) is 5.75 Å². The highest BCUT2D eigenvalue weighted by Crippen LogP contribution is 2.25. The van der Waals surface area contributed by atoms with Crippen LogP contribution in [0.15, 0.2) is 48.7 Å². The summed E-state index contributed by atoms with van der Waals surface area (Å²) in [6.45, 7) is 2.58. The van der Waals surface area contributed by atoms with Gasteiger partial charge in [0.25, 0.3) is 5.91 Å². The Hall–Kier alpha value is -2.83. The molecule has 3 aromatic rings. The van der Waals surface area contributed by atoms with Crippen molar-refractivity contribution in [3.05, 3.63) is 59.8 Å². The number of hydrogen-bond acceptors (Lipinski definition) is 4. The van der Waals surface area contributed by atoms with Crippen LogP contribution in [0.4, 0.5) is 5.69 Å². The molecular formula is C21H23N3O3. The molecule has 1 aromatic heterocycles. The van der Waals surface area contributed by atoms with Crippen LogP contribution < -0.4 is 10.1 Å². The van der Waals surface area contributed by atoms with Gasteiger partial charge in [-0.05, 0) is 55.9 Å². The molecule has 1 amide bonds. The number of carbonyl (C=O) groups is 1. The number of nitrogens with one attached hydrogen (secondary N) is 1. The molecule has 0 atom stereocenters. The SMILES string of the molecule is CN(C)CCn1ccc2ccc(NC(=O)c3ccc4c(c3)COCO4)cc21. The molecule has 1 aliphatic rings. The highest BCUT2D eigenvalue weighted by atomic mass is 16.7. The van der Waals surface area contributed by atoms with Crippen molar-refractivity contribution in [1.82, 2.24) is 9.47 Å². The van der Waals surface area contributed by atoms with E-state index in [4.69, 9.17) is 9.47 Å². The van der Waals surface area contributed by atoms with Crippen LogP contribution in [-0.2, 0) is 17.9 Å². The van der Waals surface area contributed by atoms with Gasteiger partial charge in [-0.3, -0.25) is 4.79 Å². The molecule has 0 bridgehead atoms. The summed E-state index contributed by atoms with van der Waals surface area (Å²) in [4.78, 5) is 14.8. The molecular weight excluding hydrogens is 342 g/mol. The molecule has 0 aliphatic carbocycles. The van der Waals surface area contributed by atoms with E-state index in [0.29, 0.717) is 12.2 Å². The number of fused-ring (bicyclic) bond motifs is 2. The monoisotopic (exact) mass is 365 g/mol. The summed E-state index contributed by atoms with van der Waals surface area (Å²) in [5.41, 5.74) is 3.37. The fourth-order valence-corrected chi connectivity index (χ4v) is 3.20. The zero-order chi connectivity index (χ0) is 18.8. The van der Waals surface area contributed by atoms with Crippen molar-refractivity contribution in [2.75, 3.05) is 32.7 Å². The minimum Gasteiger partial charge on any atom is -0.467 e. The quantitative estimate of drug-likeness (QED) is 0.754. The minimum atomic E-state index is -0.144. The third kappa shape index (κ3) is 3.82. The summed E-state index contributed by atoms with van der Waals surface area (Å²) in [6.07, 6.45) is 2.09. The first kappa shape index (κ1) is 17.6. The molecule has 0 fully saturated rings. The van der Waals surface area contributed by atoms with Crippen LogP contribution in [0, 0.1) is 0 Å². The number of ether oxygens (including phenoxy) is 2. The van der Waals surface area contributed by atoms with Crippen molar-refractivity contribution in [3.8, 4) is 5.75 Å². The summed E-state index contributed by atoms with van der Waals surface area (Å²) < 4.78 is 12.9. The molecule has 4 rings (SSSR count). The summed E-state index contributed by atoms with van der Waals surface area (Å²) in [7, 11) is 4.12. The molecule has 140 valence electrons. The maximum Gasteiger partial charge on any atom is 0.255 e. The second kappa shape index (κ2) is 7.42. The maximum atomic E-state index is 12.7. The first-order chi connectivity index (χ1) is 13.1. The highest BCUT2D eigenvalue weighted by Gasteiger charge is 2.14. The van der Waals surface area contributed by atoms with Crippen molar-refractivity contribution in [1.29, 1.82) is 0 Å². The van der Waals surface area contributed by atoms with E-state index in [-0.39, 0.29) is 12.7 Å². The van der Waals surface area contributed by atoms with Crippen LogP contribution in [0.25, 0.3) is 10.9 Å². The molecule has 27 heavy (non-hydrogen) atoms. The number of aromatic nitrogens is 1. The van der Waals surface area contributed by atoms with Crippen LogP contribution in [0.1, 0.15) is 15.9 Å². The Morgan fingerprint density at radius 2 is 2.07 bits per heavy atom. The number of anilines is 1. The van der Waals surface area contributed by atoms with E-state index in [0.717, 1.165) is 41.0 Å². The van der Waals surface area contributed by atoms with Gasteiger partial charge in [0.05, 0.1) is 12.1 Å². The maximum absolute atomic E-state index is 12.7. The summed E-state index contributed by atoms with van der Waals surface area (Å²) in [5, 5.41) is 4.16. The Balaban J connectivity index is 1.54. The summed E-state index contributed by atoms with van der Waals surface area (Å²) in [6, 6.07) is 13.5. The lowest BCUT2D eigenvalue weighted by Crippen LogP contribution is -2.18. The molecule has 6 heteroatoms. The molecule has 0 saturated carbocycles. The minimum absolute atomic E-state index is 0.144. The Kier molecular flexibility index (Phi) is 4.83. The Labute approximate surface area is 158 Å². The van der Waals surface area contributed by atoms with Gasteiger partial charge < -0.3 is 24.3 Å². The number of nitrogens with zero attached hydrogens (tertiary/aromatic N) is 2. The topological polar surface area (TPSA) is 55.7 Å².